The maximum Gasteiger partial charge on any atom is 0.239 e. The van der Waals surface area contributed by atoms with Gasteiger partial charge in [-0.3, -0.25) is 4.79 Å². The molecule has 110 valence electrons. The highest BCUT2D eigenvalue weighted by Crippen LogP contribution is 2.16. The minimum absolute atomic E-state index is 0.0128. The van der Waals surface area contributed by atoms with Crippen molar-refractivity contribution in [3.63, 3.8) is 0 Å². The number of carbonyl (C=O) groups excluding carboxylic acids is 1. The number of benzene rings is 2. The average molecular weight is 307 g/mol. The van der Waals surface area contributed by atoms with Gasteiger partial charge in [-0.2, -0.15) is 0 Å². The number of hydrogen-bond acceptors (Lipinski definition) is 2. The van der Waals surface area contributed by atoms with Gasteiger partial charge in [-0.15, -0.1) is 0 Å². The summed E-state index contributed by atoms with van der Waals surface area (Å²) >= 11 is 5.82. The predicted molar refractivity (Wildman–Crippen MR) is 82.9 cm³/mol. The van der Waals surface area contributed by atoms with Gasteiger partial charge < -0.3 is 10.6 Å². The van der Waals surface area contributed by atoms with Crippen molar-refractivity contribution in [2.24, 2.45) is 0 Å². The Hall–Kier alpha value is -2.07. The molecule has 0 aliphatic carbocycles. The Labute approximate surface area is 128 Å². The average Bonchev–Trinajstić information content (AvgIpc) is 2.47. The molecule has 0 heterocycles. The predicted octanol–water partition coefficient (Wildman–Crippen LogP) is 3.77. The Morgan fingerprint density at radius 3 is 2.52 bits per heavy atom. The smallest absolute Gasteiger partial charge is 0.239 e. The van der Waals surface area contributed by atoms with Crippen LogP contribution in [0.25, 0.3) is 0 Å². The number of nitrogens with one attached hydrogen (secondary N) is 2. The van der Waals surface area contributed by atoms with Crippen LogP contribution in [-0.4, -0.2) is 12.5 Å². The van der Waals surface area contributed by atoms with Gasteiger partial charge in [0.1, 0.15) is 5.82 Å². The van der Waals surface area contributed by atoms with E-state index in [-0.39, 0.29) is 24.3 Å². The lowest BCUT2D eigenvalue weighted by Crippen LogP contribution is -2.32. The quantitative estimate of drug-likeness (QED) is 0.883. The Kier molecular flexibility index (Phi) is 5.17. The molecular formula is C16H16ClFN2O. The zero-order valence-electron chi connectivity index (χ0n) is 11.6. The number of carbonyl (C=O) groups is 1. The normalized spacial score (nSPS) is 11.8. The van der Waals surface area contributed by atoms with Crippen LogP contribution in [0.4, 0.5) is 10.1 Å². The fraction of sp³-hybridized carbons (Fsp3) is 0.188. The molecule has 2 N–H and O–H groups in total. The maximum atomic E-state index is 13.4. The molecule has 5 heteroatoms. The molecule has 0 saturated carbocycles. The van der Waals surface area contributed by atoms with E-state index in [0.29, 0.717) is 10.7 Å². The largest absolute Gasteiger partial charge is 0.374 e. The van der Waals surface area contributed by atoms with Crippen LogP contribution in [0.2, 0.25) is 5.02 Å². The highest BCUT2D eigenvalue weighted by atomic mass is 35.5. The van der Waals surface area contributed by atoms with Crippen molar-refractivity contribution in [1.29, 1.82) is 0 Å². The van der Waals surface area contributed by atoms with Gasteiger partial charge in [-0.1, -0.05) is 35.9 Å². The number of anilines is 1. The van der Waals surface area contributed by atoms with Gasteiger partial charge in [0.05, 0.1) is 18.3 Å². The fourth-order valence-electron chi connectivity index (χ4n) is 1.91. The molecular weight excluding hydrogens is 291 g/mol. The Morgan fingerprint density at radius 1 is 1.19 bits per heavy atom. The van der Waals surface area contributed by atoms with E-state index >= 15 is 0 Å². The number of halogens is 2. The summed E-state index contributed by atoms with van der Waals surface area (Å²) in [6.45, 7) is 1.89. The van der Waals surface area contributed by atoms with Gasteiger partial charge in [0.15, 0.2) is 0 Å². The third-order valence-corrected chi connectivity index (χ3v) is 3.31. The van der Waals surface area contributed by atoms with Crippen LogP contribution in [-0.2, 0) is 4.79 Å². The van der Waals surface area contributed by atoms with E-state index in [2.05, 4.69) is 10.6 Å². The van der Waals surface area contributed by atoms with Crippen LogP contribution >= 0.6 is 11.6 Å². The molecule has 0 spiro atoms. The van der Waals surface area contributed by atoms with Crippen LogP contribution < -0.4 is 10.6 Å². The molecule has 0 saturated heterocycles. The molecule has 0 aliphatic heterocycles. The molecule has 1 unspecified atom stereocenters. The Bertz CT molecular complexity index is 616. The van der Waals surface area contributed by atoms with Crippen molar-refractivity contribution >= 4 is 23.2 Å². The molecule has 2 aromatic rings. The van der Waals surface area contributed by atoms with Gasteiger partial charge in [0.2, 0.25) is 5.91 Å². The highest BCUT2D eigenvalue weighted by molar-refractivity contribution is 6.30. The summed E-state index contributed by atoms with van der Waals surface area (Å²) in [5.74, 6) is -0.586. The molecule has 0 bridgehead atoms. The highest BCUT2D eigenvalue weighted by Gasteiger charge is 2.10. The Morgan fingerprint density at radius 2 is 1.86 bits per heavy atom. The molecule has 0 aromatic heterocycles. The van der Waals surface area contributed by atoms with Crippen LogP contribution in [0.15, 0.2) is 48.5 Å². The van der Waals surface area contributed by atoms with E-state index in [4.69, 9.17) is 11.6 Å². The second kappa shape index (κ2) is 7.09. The third kappa shape index (κ3) is 4.46. The number of amides is 1. The summed E-state index contributed by atoms with van der Waals surface area (Å²) in [6.07, 6.45) is 0. The van der Waals surface area contributed by atoms with E-state index in [1.807, 2.05) is 19.1 Å². The summed E-state index contributed by atoms with van der Waals surface area (Å²) in [6, 6.07) is 13.4. The fourth-order valence-corrected chi connectivity index (χ4v) is 2.03. The molecule has 0 aliphatic rings. The van der Waals surface area contributed by atoms with Crippen LogP contribution in [0.1, 0.15) is 18.5 Å². The minimum Gasteiger partial charge on any atom is -0.374 e. The summed E-state index contributed by atoms with van der Waals surface area (Å²) in [5.41, 5.74) is 1.27. The first-order valence-electron chi connectivity index (χ1n) is 6.59. The molecule has 21 heavy (non-hydrogen) atoms. The SMILES string of the molecule is CC(NC(=O)CNc1ccccc1F)c1ccc(Cl)cc1. The monoisotopic (exact) mass is 306 g/mol. The zero-order chi connectivity index (χ0) is 15.2. The number of para-hydroxylation sites is 1. The second-order valence-corrected chi connectivity index (χ2v) is 5.11. The summed E-state index contributed by atoms with van der Waals surface area (Å²) in [4.78, 5) is 11.9. The summed E-state index contributed by atoms with van der Waals surface area (Å²) in [7, 11) is 0. The number of hydrogen-bond donors (Lipinski definition) is 2. The lowest BCUT2D eigenvalue weighted by atomic mass is 10.1. The molecule has 0 radical (unpaired) electrons. The van der Waals surface area contributed by atoms with E-state index in [1.165, 1.54) is 6.07 Å². The molecule has 2 aromatic carbocycles. The first kappa shape index (κ1) is 15.3. The molecule has 2 rings (SSSR count). The van der Waals surface area contributed by atoms with Crippen LogP contribution in [0.3, 0.4) is 0 Å². The van der Waals surface area contributed by atoms with Crippen LogP contribution in [0.5, 0.6) is 0 Å². The van der Waals surface area contributed by atoms with Crippen molar-refractivity contribution in [1.82, 2.24) is 5.32 Å². The lowest BCUT2D eigenvalue weighted by molar-refractivity contribution is -0.120. The van der Waals surface area contributed by atoms with Gasteiger partial charge in [-0.05, 0) is 36.8 Å². The van der Waals surface area contributed by atoms with Gasteiger partial charge in [-0.25, -0.2) is 4.39 Å². The third-order valence-electron chi connectivity index (χ3n) is 3.06. The molecule has 1 atom stereocenters. The van der Waals surface area contributed by atoms with E-state index in [1.54, 1.807) is 30.3 Å². The first-order valence-corrected chi connectivity index (χ1v) is 6.97. The van der Waals surface area contributed by atoms with Crippen molar-refractivity contribution in [2.45, 2.75) is 13.0 Å². The van der Waals surface area contributed by atoms with E-state index in [0.717, 1.165) is 5.56 Å². The van der Waals surface area contributed by atoms with Crippen molar-refractivity contribution in [2.75, 3.05) is 11.9 Å². The standard InChI is InChI=1S/C16H16ClFN2O/c1-11(12-6-8-13(17)9-7-12)20-16(21)10-19-15-5-3-2-4-14(15)18/h2-9,11,19H,10H2,1H3,(H,20,21). The summed E-state index contributed by atoms with van der Waals surface area (Å²) < 4.78 is 13.4. The van der Waals surface area contributed by atoms with Gasteiger partial charge in [0, 0.05) is 5.02 Å². The van der Waals surface area contributed by atoms with Gasteiger partial charge >= 0.3 is 0 Å². The minimum atomic E-state index is -0.379. The molecule has 1 amide bonds. The maximum absolute atomic E-state index is 13.4. The van der Waals surface area contributed by atoms with Crippen molar-refractivity contribution in [3.05, 3.63) is 64.9 Å². The molecule has 0 fully saturated rings. The summed E-state index contributed by atoms with van der Waals surface area (Å²) in [5, 5.41) is 6.26. The van der Waals surface area contributed by atoms with Gasteiger partial charge in [0.25, 0.3) is 0 Å². The van der Waals surface area contributed by atoms with Crippen molar-refractivity contribution in [3.8, 4) is 0 Å². The topological polar surface area (TPSA) is 41.1 Å². The second-order valence-electron chi connectivity index (χ2n) is 4.67. The lowest BCUT2D eigenvalue weighted by Gasteiger charge is -2.15. The zero-order valence-corrected chi connectivity index (χ0v) is 12.3. The van der Waals surface area contributed by atoms with Crippen molar-refractivity contribution < 1.29 is 9.18 Å². The van der Waals surface area contributed by atoms with E-state index in [9.17, 15) is 9.18 Å². The first-order chi connectivity index (χ1) is 10.1. The Balaban J connectivity index is 1.87. The number of rotatable bonds is 5. The molecule has 3 nitrogen and oxygen atoms in total. The van der Waals surface area contributed by atoms with Crippen LogP contribution in [0, 0.1) is 5.82 Å². The van der Waals surface area contributed by atoms with E-state index < -0.39 is 0 Å².